The zero-order valence-corrected chi connectivity index (χ0v) is 20.0. The quantitative estimate of drug-likeness (QED) is 0.664. The van der Waals surface area contributed by atoms with Crippen molar-refractivity contribution in [3.63, 3.8) is 0 Å². The lowest BCUT2D eigenvalue weighted by atomic mass is 9.96. The predicted octanol–water partition coefficient (Wildman–Crippen LogP) is 2.13. The van der Waals surface area contributed by atoms with E-state index in [1.807, 2.05) is 11.4 Å². The molecule has 2 amide bonds. The molecule has 9 nitrogen and oxygen atoms in total. The molecular weight excluding hydrogens is 452 g/mol. The van der Waals surface area contributed by atoms with Gasteiger partial charge in [0.1, 0.15) is 10.6 Å². The molecule has 0 bridgehead atoms. The predicted molar refractivity (Wildman–Crippen MR) is 119 cm³/mol. The number of likely N-dealkylation sites (tertiary alicyclic amines) is 1. The van der Waals surface area contributed by atoms with Crippen LogP contribution in [0.15, 0.2) is 26.9 Å². The Morgan fingerprint density at radius 3 is 2.56 bits per heavy atom. The summed E-state index contributed by atoms with van der Waals surface area (Å²) < 4.78 is 32.7. The maximum absolute atomic E-state index is 13.3. The molecular formula is C21H28N4O5S2. The molecule has 2 aliphatic rings. The third-order valence-corrected chi connectivity index (χ3v) is 9.12. The van der Waals surface area contributed by atoms with Crippen molar-refractivity contribution in [1.82, 2.24) is 19.3 Å². The molecule has 2 aromatic rings. The number of aromatic nitrogens is 1. The van der Waals surface area contributed by atoms with E-state index in [-0.39, 0.29) is 34.9 Å². The van der Waals surface area contributed by atoms with Crippen LogP contribution in [0.2, 0.25) is 0 Å². The summed E-state index contributed by atoms with van der Waals surface area (Å²) in [6.07, 6.45) is 2.08. The van der Waals surface area contributed by atoms with E-state index in [4.69, 9.17) is 4.52 Å². The molecule has 1 atom stereocenters. The van der Waals surface area contributed by atoms with Crippen LogP contribution in [0.1, 0.15) is 40.4 Å². The standard InChI is InChI=1S/C21H28N4O5S2/c1-15-19(16(2)30-22-15)32(28,29)25-10-5-9-23(11-12-25)20(26)17-6-3-8-24(14-17)21(27)18-7-4-13-31-18/h4,7,13,17H,3,5-6,8-12,14H2,1-2H3. The summed E-state index contributed by atoms with van der Waals surface area (Å²) >= 11 is 1.41. The van der Waals surface area contributed by atoms with Crippen LogP contribution in [-0.4, -0.2) is 78.8 Å². The van der Waals surface area contributed by atoms with Gasteiger partial charge in [0, 0.05) is 39.3 Å². The third-order valence-electron chi connectivity index (χ3n) is 6.12. The van der Waals surface area contributed by atoms with Gasteiger partial charge in [-0.2, -0.15) is 4.31 Å². The van der Waals surface area contributed by atoms with Crippen LogP contribution in [0, 0.1) is 19.8 Å². The first-order valence-electron chi connectivity index (χ1n) is 10.8. The number of nitrogens with zero attached hydrogens (tertiary/aromatic N) is 4. The monoisotopic (exact) mass is 480 g/mol. The van der Waals surface area contributed by atoms with E-state index in [0.717, 1.165) is 12.8 Å². The van der Waals surface area contributed by atoms with Crippen LogP contribution in [-0.2, 0) is 14.8 Å². The lowest BCUT2D eigenvalue weighted by Crippen LogP contribution is -2.47. The Labute approximate surface area is 192 Å². The summed E-state index contributed by atoms with van der Waals surface area (Å²) in [5.74, 6) is 0.00567. The molecule has 0 N–H and O–H groups in total. The number of carbonyl (C=O) groups excluding carboxylic acids is 2. The Balaban J connectivity index is 1.41. The number of aryl methyl sites for hydroxylation is 2. The zero-order valence-electron chi connectivity index (χ0n) is 18.3. The van der Waals surface area contributed by atoms with E-state index in [2.05, 4.69) is 5.16 Å². The lowest BCUT2D eigenvalue weighted by Gasteiger charge is -2.34. The molecule has 1 unspecified atom stereocenters. The Bertz CT molecular complexity index is 1060. The van der Waals surface area contributed by atoms with Crippen LogP contribution < -0.4 is 0 Å². The summed E-state index contributed by atoms with van der Waals surface area (Å²) in [7, 11) is -3.74. The second kappa shape index (κ2) is 9.32. The first-order chi connectivity index (χ1) is 15.3. The number of amides is 2. The molecule has 2 aromatic heterocycles. The minimum Gasteiger partial charge on any atom is -0.360 e. The van der Waals surface area contributed by atoms with Gasteiger partial charge in [0.25, 0.3) is 5.91 Å². The average molecular weight is 481 g/mol. The van der Waals surface area contributed by atoms with Crippen molar-refractivity contribution in [3.05, 3.63) is 33.8 Å². The zero-order chi connectivity index (χ0) is 22.9. The fourth-order valence-corrected chi connectivity index (χ4v) is 6.96. The highest BCUT2D eigenvalue weighted by Gasteiger charge is 2.35. The van der Waals surface area contributed by atoms with E-state index in [1.165, 1.54) is 15.6 Å². The normalized spacial score (nSPS) is 20.9. The average Bonchev–Trinajstić information content (AvgIpc) is 3.35. The van der Waals surface area contributed by atoms with Crippen LogP contribution in [0.4, 0.5) is 0 Å². The van der Waals surface area contributed by atoms with Crippen molar-refractivity contribution in [1.29, 1.82) is 0 Å². The molecule has 0 saturated carbocycles. The Morgan fingerprint density at radius 2 is 1.88 bits per heavy atom. The summed E-state index contributed by atoms with van der Waals surface area (Å²) in [4.78, 5) is 30.3. The van der Waals surface area contributed by atoms with E-state index in [1.54, 1.807) is 29.7 Å². The number of thiophene rings is 1. The fourth-order valence-electron chi connectivity index (χ4n) is 4.50. The molecule has 11 heteroatoms. The maximum Gasteiger partial charge on any atom is 0.263 e. The highest BCUT2D eigenvalue weighted by molar-refractivity contribution is 7.89. The lowest BCUT2D eigenvalue weighted by molar-refractivity contribution is -0.136. The van der Waals surface area contributed by atoms with Crippen LogP contribution in [0.25, 0.3) is 0 Å². The third kappa shape index (κ3) is 4.46. The summed E-state index contributed by atoms with van der Waals surface area (Å²) in [5, 5.41) is 5.64. The number of rotatable bonds is 4. The van der Waals surface area contributed by atoms with E-state index in [9.17, 15) is 18.0 Å². The van der Waals surface area contributed by atoms with Crippen molar-refractivity contribution in [2.75, 3.05) is 39.3 Å². The summed E-state index contributed by atoms with van der Waals surface area (Å²) in [5.41, 5.74) is 0.345. The Hall–Kier alpha value is -2.24. The molecule has 0 aromatic carbocycles. The molecule has 2 saturated heterocycles. The summed E-state index contributed by atoms with van der Waals surface area (Å²) in [6, 6.07) is 3.66. The van der Waals surface area contributed by atoms with Gasteiger partial charge in [-0.05, 0) is 44.6 Å². The van der Waals surface area contributed by atoms with Gasteiger partial charge in [-0.1, -0.05) is 11.2 Å². The van der Waals surface area contributed by atoms with Crippen molar-refractivity contribution >= 4 is 33.2 Å². The minimum absolute atomic E-state index is 0.00488. The molecule has 4 rings (SSSR count). The number of hydrogen-bond donors (Lipinski definition) is 0. The molecule has 0 radical (unpaired) electrons. The highest BCUT2D eigenvalue weighted by atomic mass is 32.2. The SMILES string of the molecule is Cc1noc(C)c1S(=O)(=O)N1CCCN(C(=O)C2CCCN(C(=O)c3cccs3)C2)CC1. The van der Waals surface area contributed by atoms with Gasteiger partial charge in [0.05, 0.1) is 10.8 Å². The molecule has 2 fully saturated rings. The smallest absolute Gasteiger partial charge is 0.263 e. The van der Waals surface area contributed by atoms with Gasteiger partial charge in [-0.3, -0.25) is 9.59 Å². The van der Waals surface area contributed by atoms with Gasteiger partial charge in [-0.25, -0.2) is 8.42 Å². The Morgan fingerprint density at radius 1 is 1.09 bits per heavy atom. The summed E-state index contributed by atoms with van der Waals surface area (Å²) in [6.45, 7) is 5.67. The fraction of sp³-hybridized carbons (Fsp3) is 0.571. The van der Waals surface area contributed by atoms with Crippen molar-refractivity contribution in [2.24, 2.45) is 5.92 Å². The van der Waals surface area contributed by atoms with Crippen LogP contribution in [0.3, 0.4) is 0 Å². The topological polar surface area (TPSA) is 104 Å². The molecule has 0 aliphatic carbocycles. The molecule has 174 valence electrons. The van der Waals surface area contributed by atoms with E-state index in [0.29, 0.717) is 49.7 Å². The molecule has 2 aliphatic heterocycles. The van der Waals surface area contributed by atoms with Gasteiger partial charge in [-0.15, -0.1) is 11.3 Å². The number of sulfonamides is 1. The molecule has 4 heterocycles. The maximum atomic E-state index is 13.3. The van der Waals surface area contributed by atoms with Crippen molar-refractivity contribution in [2.45, 2.75) is 38.0 Å². The van der Waals surface area contributed by atoms with Gasteiger partial charge >= 0.3 is 0 Å². The van der Waals surface area contributed by atoms with Crippen LogP contribution >= 0.6 is 11.3 Å². The van der Waals surface area contributed by atoms with E-state index >= 15 is 0 Å². The van der Waals surface area contributed by atoms with Crippen molar-refractivity contribution < 1.29 is 22.5 Å². The van der Waals surface area contributed by atoms with Crippen LogP contribution in [0.5, 0.6) is 0 Å². The first-order valence-corrected chi connectivity index (χ1v) is 13.2. The van der Waals surface area contributed by atoms with Crippen molar-refractivity contribution in [3.8, 4) is 0 Å². The first kappa shape index (κ1) is 22.9. The number of hydrogen-bond acceptors (Lipinski definition) is 7. The Kier molecular flexibility index (Phi) is 6.68. The second-order valence-corrected chi connectivity index (χ2v) is 11.1. The van der Waals surface area contributed by atoms with Gasteiger partial charge in [0.2, 0.25) is 15.9 Å². The van der Waals surface area contributed by atoms with Gasteiger partial charge < -0.3 is 14.3 Å². The van der Waals surface area contributed by atoms with E-state index < -0.39 is 10.0 Å². The largest absolute Gasteiger partial charge is 0.360 e. The number of piperidine rings is 1. The number of carbonyl (C=O) groups is 2. The second-order valence-electron chi connectivity index (χ2n) is 8.30. The minimum atomic E-state index is -3.74. The molecule has 32 heavy (non-hydrogen) atoms. The molecule has 0 spiro atoms. The van der Waals surface area contributed by atoms with Gasteiger partial charge in [0.15, 0.2) is 5.76 Å². The highest BCUT2D eigenvalue weighted by Crippen LogP contribution is 2.26.